The smallest absolute Gasteiger partial charge is 0.123 e. The van der Waals surface area contributed by atoms with Gasteiger partial charge in [0, 0.05) is 6.07 Å². The molecule has 2 N–H and O–H groups in total. The molecule has 0 bridgehead atoms. The van der Waals surface area contributed by atoms with Crippen LogP contribution in [0.25, 0.3) is 0 Å². The van der Waals surface area contributed by atoms with Gasteiger partial charge in [0.15, 0.2) is 0 Å². The molecule has 0 amide bonds. The summed E-state index contributed by atoms with van der Waals surface area (Å²) in [7, 11) is 0. The second-order valence-corrected chi connectivity index (χ2v) is 5.88. The van der Waals surface area contributed by atoms with Gasteiger partial charge in [-0.3, -0.25) is 0 Å². The maximum Gasteiger partial charge on any atom is 0.123 e. The number of phenolic OH excluding ortho intramolecular Hbond substituents is 1. The summed E-state index contributed by atoms with van der Waals surface area (Å²) in [6.45, 7) is 2.75. The Hall–Kier alpha value is -1.22. The average Bonchev–Trinajstić information content (AvgIpc) is 2.46. The third kappa shape index (κ3) is 4.41. The molecule has 1 aliphatic carbocycles. The van der Waals surface area contributed by atoms with E-state index in [-0.39, 0.29) is 5.75 Å². The van der Waals surface area contributed by atoms with Crippen molar-refractivity contribution < 1.29 is 14.9 Å². The van der Waals surface area contributed by atoms with Crippen LogP contribution < -0.4 is 4.74 Å². The van der Waals surface area contributed by atoms with Gasteiger partial charge in [-0.1, -0.05) is 32.6 Å². The standard InChI is InChI=1S/C17H26O3/c1-2-6-17(19)14-9-15(18)11-16(10-14)20-12-13-7-4-3-5-8-13/h9-11,13,17-19H,2-8,12H2,1H3/t17-/m1/s1. The predicted molar refractivity (Wildman–Crippen MR) is 80.0 cm³/mol. The third-order valence-corrected chi connectivity index (χ3v) is 4.07. The number of rotatable bonds is 6. The first kappa shape index (κ1) is 15.2. The Balaban J connectivity index is 1.96. The topological polar surface area (TPSA) is 49.7 Å². The fourth-order valence-electron chi connectivity index (χ4n) is 2.89. The van der Waals surface area contributed by atoms with Crippen molar-refractivity contribution in [1.29, 1.82) is 0 Å². The lowest BCUT2D eigenvalue weighted by Gasteiger charge is -2.22. The number of aliphatic hydroxyl groups is 1. The molecular formula is C17H26O3. The van der Waals surface area contributed by atoms with E-state index in [4.69, 9.17) is 4.74 Å². The van der Waals surface area contributed by atoms with E-state index in [1.165, 1.54) is 32.1 Å². The van der Waals surface area contributed by atoms with E-state index < -0.39 is 6.10 Å². The SMILES string of the molecule is CCC[C@@H](O)c1cc(O)cc(OCC2CCCCC2)c1. The Kier molecular flexibility index (Phi) is 5.72. The Morgan fingerprint density at radius 3 is 2.65 bits per heavy atom. The molecule has 0 radical (unpaired) electrons. The van der Waals surface area contributed by atoms with E-state index in [2.05, 4.69) is 0 Å². The van der Waals surface area contributed by atoms with Gasteiger partial charge in [-0.15, -0.1) is 0 Å². The van der Waals surface area contributed by atoms with Gasteiger partial charge in [-0.2, -0.15) is 0 Å². The first-order valence-electron chi connectivity index (χ1n) is 7.84. The molecule has 0 unspecified atom stereocenters. The molecule has 112 valence electrons. The van der Waals surface area contributed by atoms with E-state index >= 15 is 0 Å². The zero-order chi connectivity index (χ0) is 14.4. The number of hydrogen-bond donors (Lipinski definition) is 2. The number of benzene rings is 1. The van der Waals surface area contributed by atoms with E-state index in [1.807, 2.05) is 13.0 Å². The highest BCUT2D eigenvalue weighted by atomic mass is 16.5. The van der Waals surface area contributed by atoms with Crippen molar-refractivity contribution in [2.24, 2.45) is 5.92 Å². The summed E-state index contributed by atoms with van der Waals surface area (Å²) >= 11 is 0. The zero-order valence-corrected chi connectivity index (χ0v) is 12.3. The van der Waals surface area contributed by atoms with Gasteiger partial charge in [-0.05, 0) is 42.9 Å². The van der Waals surface area contributed by atoms with Crippen molar-refractivity contribution in [3.63, 3.8) is 0 Å². The van der Waals surface area contributed by atoms with Crippen LogP contribution in [0.1, 0.15) is 63.5 Å². The maximum atomic E-state index is 10.0. The van der Waals surface area contributed by atoms with E-state index in [9.17, 15) is 10.2 Å². The molecule has 1 aromatic carbocycles. The van der Waals surface area contributed by atoms with Crippen LogP contribution in [0, 0.1) is 5.92 Å². The van der Waals surface area contributed by atoms with Crippen LogP contribution >= 0.6 is 0 Å². The first-order valence-corrected chi connectivity index (χ1v) is 7.84. The van der Waals surface area contributed by atoms with Crippen molar-refractivity contribution in [2.45, 2.75) is 58.0 Å². The Labute approximate surface area is 121 Å². The normalized spacial score (nSPS) is 17.9. The minimum atomic E-state index is -0.524. The van der Waals surface area contributed by atoms with Crippen molar-refractivity contribution in [3.05, 3.63) is 23.8 Å². The molecule has 0 saturated heterocycles. The average molecular weight is 278 g/mol. The second-order valence-electron chi connectivity index (χ2n) is 5.88. The minimum absolute atomic E-state index is 0.163. The molecule has 1 atom stereocenters. The quantitative estimate of drug-likeness (QED) is 0.820. The molecular weight excluding hydrogens is 252 g/mol. The molecule has 0 heterocycles. The van der Waals surface area contributed by atoms with Gasteiger partial charge in [0.2, 0.25) is 0 Å². The highest BCUT2D eigenvalue weighted by Crippen LogP contribution is 2.29. The lowest BCUT2D eigenvalue weighted by atomic mass is 9.90. The first-order chi connectivity index (χ1) is 9.69. The van der Waals surface area contributed by atoms with Gasteiger partial charge < -0.3 is 14.9 Å². The molecule has 0 spiro atoms. The Morgan fingerprint density at radius 1 is 1.20 bits per heavy atom. The highest BCUT2D eigenvalue weighted by Gasteiger charge is 2.15. The molecule has 3 heteroatoms. The summed E-state index contributed by atoms with van der Waals surface area (Å²) < 4.78 is 5.82. The minimum Gasteiger partial charge on any atom is -0.508 e. The van der Waals surface area contributed by atoms with Crippen LogP contribution in [0.3, 0.4) is 0 Å². The largest absolute Gasteiger partial charge is 0.508 e. The second kappa shape index (κ2) is 7.53. The molecule has 0 aliphatic heterocycles. The third-order valence-electron chi connectivity index (χ3n) is 4.07. The lowest BCUT2D eigenvalue weighted by molar-refractivity contribution is 0.164. The van der Waals surface area contributed by atoms with Crippen LogP contribution in [0.4, 0.5) is 0 Å². The molecule has 20 heavy (non-hydrogen) atoms. The predicted octanol–water partition coefficient (Wildman–Crippen LogP) is 4.18. The van der Waals surface area contributed by atoms with Crippen LogP contribution in [0.2, 0.25) is 0 Å². The monoisotopic (exact) mass is 278 g/mol. The van der Waals surface area contributed by atoms with Gasteiger partial charge in [0.1, 0.15) is 11.5 Å². The van der Waals surface area contributed by atoms with Crippen LogP contribution in [-0.4, -0.2) is 16.8 Å². The Morgan fingerprint density at radius 2 is 1.95 bits per heavy atom. The maximum absolute atomic E-state index is 10.0. The summed E-state index contributed by atoms with van der Waals surface area (Å²) in [5, 5.41) is 19.8. The van der Waals surface area contributed by atoms with Gasteiger partial charge in [0.05, 0.1) is 12.7 Å². The Bertz CT molecular complexity index is 411. The number of aliphatic hydroxyl groups excluding tert-OH is 1. The van der Waals surface area contributed by atoms with Crippen molar-refractivity contribution in [2.75, 3.05) is 6.61 Å². The fourth-order valence-corrected chi connectivity index (χ4v) is 2.89. The van der Waals surface area contributed by atoms with Crippen LogP contribution in [0.15, 0.2) is 18.2 Å². The van der Waals surface area contributed by atoms with Crippen LogP contribution in [-0.2, 0) is 0 Å². The lowest BCUT2D eigenvalue weighted by Crippen LogP contribution is -2.15. The molecule has 1 saturated carbocycles. The van der Waals surface area contributed by atoms with E-state index in [0.29, 0.717) is 24.7 Å². The number of phenols is 1. The van der Waals surface area contributed by atoms with Crippen molar-refractivity contribution >= 4 is 0 Å². The number of hydrogen-bond acceptors (Lipinski definition) is 3. The molecule has 0 aromatic heterocycles. The zero-order valence-electron chi connectivity index (χ0n) is 12.3. The van der Waals surface area contributed by atoms with Crippen LogP contribution in [0.5, 0.6) is 11.5 Å². The van der Waals surface area contributed by atoms with Crippen molar-refractivity contribution in [1.82, 2.24) is 0 Å². The molecule has 3 nitrogen and oxygen atoms in total. The van der Waals surface area contributed by atoms with Crippen molar-refractivity contribution in [3.8, 4) is 11.5 Å². The number of ether oxygens (including phenoxy) is 1. The molecule has 2 rings (SSSR count). The summed E-state index contributed by atoms with van der Waals surface area (Å²) in [6, 6.07) is 5.10. The molecule has 1 fully saturated rings. The molecule has 1 aliphatic rings. The van der Waals surface area contributed by atoms with E-state index in [0.717, 1.165) is 12.0 Å². The fraction of sp³-hybridized carbons (Fsp3) is 0.647. The highest BCUT2D eigenvalue weighted by molar-refractivity contribution is 5.38. The number of aromatic hydroxyl groups is 1. The summed E-state index contributed by atoms with van der Waals surface area (Å²) in [5.74, 6) is 1.46. The van der Waals surface area contributed by atoms with Gasteiger partial charge in [-0.25, -0.2) is 0 Å². The molecule has 1 aromatic rings. The van der Waals surface area contributed by atoms with Gasteiger partial charge in [0.25, 0.3) is 0 Å². The summed E-state index contributed by atoms with van der Waals surface area (Å²) in [4.78, 5) is 0. The van der Waals surface area contributed by atoms with Gasteiger partial charge >= 0.3 is 0 Å². The summed E-state index contributed by atoms with van der Waals surface area (Å²) in [6.07, 6.45) is 7.51. The van der Waals surface area contributed by atoms with E-state index in [1.54, 1.807) is 12.1 Å². The summed E-state index contributed by atoms with van der Waals surface area (Å²) in [5.41, 5.74) is 0.741.